The second kappa shape index (κ2) is 4.81. The molecule has 0 aromatic heterocycles. The molecule has 0 radical (unpaired) electrons. The van der Waals surface area contributed by atoms with Crippen LogP contribution in [0.2, 0.25) is 0 Å². The second-order valence-electron chi connectivity index (χ2n) is 5.67. The number of amidine groups is 1. The lowest BCUT2D eigenvalue weighted by Crippen LogP contribution is -2.40. The number of ether oxygens (including phenoxy) is 1. The topological polar surface area (TPSA) is 33.6 Å². The predicted octanol–water partition coefficient (Wildman–Crippen LogP) is 2.42. The Morgan fingerprint density at radius 2 is 2.29 bits per heavy atom. The molecule has 0 amide bonds. The van der Waals surface area contributed by atoms with Crippen LogP contribution in [-0.4, -0.2) is 35.7 Å². The molecule has 1 N–H and O–H groups in total. The molecular formula is C13H22N2OS. The van der Waals surface area contributed by atoms with Crippen LogP contribution in [0, 0.1) is 5.92 Å². The van der Waals surface area contributed by atoms with Crippen LogP contribution in [-0.2, 0) is 4.74 Å². The number of nitrogens with one attached hydrogen (secondary N) is 1. The molecule has 2 aliphatic heterocycles. The van der Waals surface area contributed by atoms with Crippen LogP contribution < -0.4 is 5.32 Å². The minimum Gasteiger partial charge on any atom is -0.378 e. The zero-order chi connectivity index (χ0) is 11.7. The molecule has 17 heavy (non-hydrogen) atoms. The van der Waals surface area contributed by atoms with Gasteiger partial charge in [0.1, 0.15) is 0 Å². The number of hydrogen-bond acceptors (Lipinski definition) is 3. The molecule has 3 rings (SSSR count). The van der Waals surface area contributed by atoms with Gasteiger partial charge in [0.25, 0.3) is 0 Å². The first-order valence-corrected chi connectivity index (χ1v) is 7.83. The summed E-state index contributed by atoms with van der Waals surface area (Å²) in [5.41, 5.74) is 0.404. The standard InChI is InChI=1S/C13H22N2OS/c1-10-11(4-7-16-10)8-14-12-15-13(9-17-12)5-2-3-6-13/h10-11H,2-9H2,1H3,(H,14,15). The van der Waals surface area contributed by atoms with Gasteiger partial charge in [0, 0.05) is 30.4 Å². The van der Waals surface area contributed by atoms with Gasteiger partial charge in [0.05, 0.1) is 6.10 Å². The highest BCUT2D eigenvalue weighted by molar-refractivity contribution is 8.14. The fourth-order valence-corrected chi connectivity index (χ4v) is 4.36. The molecule has 2 saturated heterocycles. The first kappa shape index (κ1) is 11.8. The summed E-state index contributed by atoms with van der Waals surface area (Å²) in [4.78, 5) is 4.76. The molecule has 96 valence electrons. The maximum Gasteiger partial charge on any atom is 0.157 e. The molecular weight excluding hydrogens is 232 g/mol. The molecule has 0 bridgehead atoms. The lowest BCUT2D eigenvalue weighted by molar-refractivity contribution is 0.107. The van der Waals surface area contributed by atoms with Crippen LogP contribution in [0.3, 0.4) is 0 Å². The first-order chi connectivity index (χ1) is 8.27. The van der Waals surface area contributed by atoms with Gasteiger partial charge in [0.15, 0.2) is 5.17 Å². The van der Waals surface area contributed by atoms with Gasteiger partial charge in [-0.25, -0.2) is 0 Å². The summed E-state index contributed by atoms with van der Waals surface area (Å²) < 4.78 is 5.58. The van der Waals surface area contributed by atoms with E-state index in [1.165, 1.54) is 43.0 Å². The highest BCUT2D eigenvalue weighted by atomic mass is 32.2. The maximum absolute atomic E-state index is 5.58. The Morgan fingerprint density at radius 1 is 1.47 bits per heavy atom. The molecule has 3 fully saturated rings. The van der Waals surface area contributed by atoms with Crippen LogP contribution in [0.1, 0.15) is 39.0 Å². The van der Waals surface area contributed by atoms with E-state index in [0.29, 0.717) is 17.6 Å². The summed E-state index contributed by atoms with van der Waals surface area (Å²) in [5.74, 6) is 1.85. The normalized spacial score (nSPS) is 38.1. The van der Waals surface area contributed by atoms with E-state index in [4.69, 9.17) is 9.73 Å². The summed E-state index contributed by atoms with van der Waals surface area (Å²) in [6.07, 6.45) is 7.01. The smallest absolute Gasteiger partial charge is 0.157 e. The molecule has 4 heteroatoms. The lowest BCUT2D eigenvalue weighted by atomic mass is 10.0. The highest BCUT2D eigenvalue weighted by Crippen LogP contribution is 2.37. The summed E-state index contributed by atoms with van der Waals surface area (Å²) >= 11 is 1.92. The van der Waals surface area contributed by atoms with Crippen molar-refractivity contribution in [2.75, 3.05) is 18.9 Å². The Kier molecular flexibility index (Phi) is 3.35. The molecule has 0 aromatic rings. The monoisotopic (exact) mass is 254 g/mol. The number of thioether (sulfide) groups is 1. The molecule has 1 saturated carbocycles. The maximum atomic E-state index is 5.58. The van der Waals surface area contributed by atoms with Crippen LogP contribution >= 0.6 is 11.8 Å². The van der Waals surface area contributed by atoms with E-state index in [1.54, 1.807) is 0 Å². The van der Waals surface area contributed by atoms with Crippen molar-refractivity contribution in [1.29, 1.82) is 0 Å². The Balaban J connectivity index is 1.55. The Labute approximate surface area is 108 Å². The van der Waals surface area contributed by atoms with Gasteiger partial charge < -0.3 is 10.1 Å². The number of hydrogen-bond donors (Lipinski definition) is 1. The quantitative estimate of drug-likeness (QED) is 0.821. The van der Waals surface area contributed by atoms with Gasteiger partial charge in [-0.2, -0.15) is 0 Å². The molecule has 0 aromatic carbocycles. The molecule has 1 spiro atoms. The van der Waals surface area contributed by atoms with Gasteiger partial charge >= 0.3 is 0 Å². The Hall–Kier alpha value is -0.220. The minimum absolute atomic E-state index is 0.395. The van der Waals surface area contributed by atoms with E-state index in [1.807, 2.05) is 11.8 Å². The van der Waals surface area contributed by atoms with Gasteiger partial charge in [0.2, 0.25) is 0 Å². The molecule has 1 aliphatic carbocycles. The van der Waals surface area contributed by atoms with Crippen molar-refractivity contribution in [2.45, 2.75) is 50.7 Å². The van der Waals surface area contributed by atoms with E-state index in [0.717, 1.165) is 13.2 Å². The number of aliphatic imine (C=N–C) groups is 1. The van der Waals surface area contributed by atoms with Crippen molar-refractivity contribution in [1.82, 2.24) is 5.32 Å². The van der Waals surface area contributed by atoms with E-state index < -0.39 is 0 Å². The summed E-state index contributed by atoms with van der Waals surface area (Å²) in [5, 5.41) is 4.86. The van der Waals surface area contributed by atoms with Gasteiger partial charge in [-0.05, 0) is 26.2 Å². The summed E-state index contributed by atoms with van der Waals surface area (Å²) in [6.45, 7) is 4.03. The largest absolute Gasteiger partial charge is 0.378 e. The third-order valence-corrected chi connectivity index (χ3v) is 5.62. The van der Waals surface area contributed by atoms with Crippen molar-refractivity contribution < 1.29 is 4.74 Å². The molecule has 2 atom stereocenters. The van der Waals surface area contributed by atoms with Crippen LogP contribution in [0.15, 0.2) is 4.99 Å². The average Bonchev–Trinajstić information content (AvgIpc) is 3.01. The zero-order valence-electron chi connectivity index (χ0n) is 10.6. The van der Waals surface area contributed by atoms with Crippen LogP contribution in [0.4, 0.5) is 0 Å². The number of rotatable bonds is 2. The second-order valence-corrected chi connectivity index (χ2v) is 6.64. The van der Waals surface area contributed by atoms with Crippen molar-refractivity contribution in [3.05, 3.63) is 0 Å². The van der Waals surface area contributed by atoms with Gasteiger partial charge in [-0.15, -0.1) is 0 Å². The lowest BCUT2D eigenvalue weighted by Gasteiger charge is -2.21. The molecule has 2 unspecified atom stereocenters. The zero-order valence-corrected chi connectivity index (χ0v) is 11.4. The van der Waals surface area contributed by atoms with Crippen molar-refractivity contribution in [3.63, 3.8) is 0 Å². The summed E-state index contributed by atoms with van der Waals surface area (Å²) in [7, 11) is 0. The van der Waals surface area contributed by atoms with E-state index >= 15 is 0 Å². The molecule has 3 aliphatic rings. The van der Waals surface area contributed by atoms with E-state index in [2.05, 4.69) is 12.2 Å². The fraction of sp³-hybridized carbons (Fsp3) is 0.923. The van der Waals surface area contributed by atoms with E-state index in [9.17, 15) is 0 Å². The number of nitrogens with zero attached hydrogens (tertiary/aromatic N) is 1. The van der Waals surface area contributed by atoms with Crippen molar-refractivity contribution >= 4 is 16.9 Å². The SMILES string of the molecule is CC1OCCC1CN=C1NC2(CCCC2)CS1. The summed E-state index contributed by atoms with van der Waals surface area (Å²) in [6, 6.07) is 0. The predicted molar refractivity (Wildman–Crippen MR) is 72.6 cm³/mol. The fourth-order valence-electron chi connectivity index (χ4n) is 3.13. The van der Waals surface area contributed by atoms with Crippen molar-refractivity contribution in [2.24, 2.45) is 10.9 Å². The third-order valence-electron chi connectivity index (χ3n) is 4.42. The van der Waals surface area contributed by atoms with Crippen molar-refractivity contribution in [3.8, 4) is 0 Å². The highest BCUT2D eigenvalue weighted by Gasteiger charge is 2.39. The van der Waals surface area contributed by atoms with E-state index in [-0.39, 0.29) is 0 Å². The Morgan fingerprint density at radius 3 is 3.00 bits per heavy atom. The average molecular weight is 254 g/mol. The van der Waals surface area contributed by atoms with Crippen LogP contribution in [0.25, 0.3) is 0 Å². The molecule has 3 nitrogen and oxygen atoms in total. The van der Waals surface area contributed by atoms with Gasteiger partial charge in [-0.1, -0.05) is 24.6 Å². The molecule has 2 heterocycles. The Bertz CT molecular complexity index is 313. The minimum atomic E-state index is 0.395. The first-order valence-electron chi connectivity index (χ1n) is 6.84. The van der Waals surface area contributed by atoms with Crippen LogP contribution in [0.5, 0.6) is 0 Å². The third kappa shape index (κ3) is 2.48. The van der Waals surface area contributed by atoms with Gasteiger partial charge in [-0.3, -0.25) is 4.99 Å².